The third-order valence-corrected chi connectivity index (χ3v) is 7.39. The number of nitrogens with zero attached hydrogens (tertiary/aromatic N) is 4. The number of ether oxygens (including phenoxy) is 1. The minimum Gasteiger partial charge on any atom is -0.376 e. The van der Waals surface area contributed by atoms with E-state index in [-0.39, 0.29) is 12.0 Å². The molecule has 1 aliphatic rings. The fourth-order valence-electron chi connectivity index (χ4n) is 2.86. The van der Waals surface area contributed by atoms with E-state index in [1.54, 1.807) is 16.2 Å². The molecular weight excluding hydrogens is 414 g/mol. The summed E-state index contributed by atoms with van der Waals surface area (Å²) in [5.41, 5.74) is 0.981. The summed E-state index contributed by atoms with van der Waals surface area (Å²) in [5, 5.41) is 13.3. The van der Waals surface area contributed by atoms with Gasteiger partial charge in [0.2, 0.25) is 11.0 Å². The fraction of sp³-hybridized carbons (Fsp3) is 0.444. The van der Waals surface area contributed by atoms with Gasteiger partial charge in [0.15, 0.2) is 4.34 Å². The maximum atomic E-state index is 12.4. The summed E-state index contributed by atoms with van der Waals surface area (Å²) in [6.45, 7) is 2.11. The van der Waals surface area contributed by atoms with Crippen molar-refractivity contribution in [1.29, 1.82) is 0 Å². The lowest BCUT2D eigenvalue weighted by atomic mass is 10.2. The number of amides is 1. The van der Waals surface area contributed by atoms with Crippen molar-refractivity contribution in [2.75, 3.05) is 31.3 Å². The zero-order valence-corrected chi connectivity index (χ0v) is 17.9. The number of rotatable bonds is 8. The maximum absolute atomic E-state index is 12.4. The van der Waals surface area contributed by atoms with Crippen LogP contribution in [-0.4, -0.2) is 58.0 Å². The Morgan fingerprint density at radius 1 is 1.36 bits per heavy atom. The van der Waals surface area contributed by atoms with Gasteiger partial charge in [0.25, 0.3) is 0 Å². The van der Waals surface area contributed by atoms with Gasteiger partial charge in [-0.15, -0.1) is 21.5 Å². The van der Waals surface area contributed by atoms with Crippen LogP contribution in [0.4, 0.5) is 5.13 Å². The zero-order chi connectivity index (χ0) is 19.3. The number of carbonyl (C=O) groups is 1. The van der Waals surface area contributed by atoms with Gasteiger partial charge in [-0.05, 0) is 25.0 Å². The molecule has 1 fully saturated rings. The van der Waals surface area contributed by atoms with E-state index in [0.717, 1.165) is 50.7 Å². The maximum Gasteiger partial charge on any atom is 0.233 e. The molecule has 148 valence electrons. The van der Waals surface area contributed by atoms with Gasteiger partial charge in [0.1, 0.15) is 5.01 Å². The van der Waals surface area contributed by atoms with Gasteiger partial charge in [0.05, 0.1) is 28.6 Å². The molecule has 4 rings (SSSR count). The first kappa shape index (κ1) is 19.6. The number of carbonyl (C=O) groups excluding carboxylic acids is 1. The van der Waals surface area contributed by atoms with Crippen molar-refractivity contribution in [1.82, 2.24) is 20.1 Å². The summed E-state index contributed by atoms with van der Waals surface area (Å²) in [5.74, 6) is 0.384. The number of hydrogen-bond donors (Lipinski definition) is 1. The van der Waals surface area contributed by atoms with Crippen molar-refractivity contribution < 1.29 is 9.53 Å². The van der Waals surface area contributed by atoms with Gasteiger partial charge in [-0.3, -0.25) is 4.79 Å². The molecule has 1 saturated heterocycles. The van der Waals surface area contributed by atoms with Crippen LogP contribution < -0.4 is 5.32 Å². The highest BCUT2D eigenvalue weighted by Gasteiger charge is 2.17. The Bertz CT molecular complexity index is 905. The zero-order valence-electron chi connectivity index (χ0n) is 15.5. The molecule has 3 aromatic rings. The standard InChI is InChI=1S/C18H21N5O2S3/c1-23(10-15-20-13-6-2-3-7-14(13)27-15)16(24)11-26-18-22-21-17(28-18)19-9-12-5-4-8-25-12/h2-3,6-7,12H,4-5,8-11H2,1H3,(H,19,21)/t12-/m1/s1. The highest BCUT2D eigenvalue weighted by atomic mass is 32.2. The molecule has 2 aromatic heterocycles. The number of benzene rings is 1. The van der Waals surface area contributed by atoms with Gasteiger partial charge in [-0.25, -0.2) is 4.98 Å². The van der Waals surface area contributed by atoms with Crippen LogP contribution in [0.1, 0.15) is 17.8 Å². The Kier molecular flexibility index (Phi) is 6.40. The Morgan fingerprint density at radius 2 is 2.25 bits per heavy atom. The van der Waals surface area contributed by atoms with Crippen LogP contribution in [0.5, 0.6) is 0 Å². The predicted molar refractivity (Wildman–Crippen MR) is 114 cm³/mol. The van der Waals surface area contributed by atoms with E-state index in [9.17, 15) is 4.79 Å². The summed E-state index contributed by atoms with van der Waals surface area (Å²) in [6, 6.07) is 8.02. The predicted octanol–water partition coefficient (Wildman–Crippen LogP) is 3.49. The largest absolute Gasteiger partial charge is 0.376 e. The second-order valence-corrected chi connectivity index (χ2v) is 9.82. The first-order valence-electron chi connectivity index (χ1n) is 9.07. The fourth-order valence-corrected chi connectivity index (χ4v) is 5.58. The molecule has 0 spiro atoms. The van der Waals surface area contributed by atoms with E-state index in [0.29, 0.717) is 12.3 Å². The van der Waals surface area contributed by atoms with Crippen molar-refractivity contribution in [3.63, 3.8) is 0 Å². The van der Waals surface area contributed by atoms with Crippen molar-refractivity contribution in [3.8, 4) is 0 Å². The summed E-state index contributed by atoms with van der Waals surface area (Å²) < 4.78 is 7.52. The highest BCUT2D eigenvalue weighted by molar-refractivity contribution is 8.01. The third kappa shape index (κ3) is 4.99. The van der Waals surface area contributed by atoms with Gasteiger partial charge < -0.3 is 15.0 Å². The molecule has 28 heavy (non-hydrogen) atoms. The van der Waals surface area contributed by atoms with Crippen LogP contribution in [0, 0.1) is 0 Å². The molecule has 1 aliphatic heterocycles. The number of para-hydroxylation sites is 1. The lowest BCUT2D eigenvalue weighted by Crippen LogP contribution is -2.27. The minimum absolute atomic E-state index is 0.0494. The molecule has 0 saturated carbocycles. The molecule has 0 aliphatic carbocycles. The average Bonchev–Trinajstić information content (AvgIpc) is 3.44. The SMILES string of the molecule is CN(Cc1nc2ccccc2s1)C(=O)CSc1nnc(NC[C@H]2CCCO2)s1. The average molecular weight is 436 g/mol. The van der Waals surface area contributed by atoms with E-state index < -0.39 is 0 Å². The Balaban J connectivity index is 1.24. The third-order valence-electron chi connectivity index (χ3n) is 4.37. The molecule has 0 bridgehead atoms. The highest BCUT2D eigenvalue weighted by Crippen LogP contribution is 2.27. The minimum atomic E-state index is 0.0494. The van der Waals surface area contributed by atoms with Crippen LogP contribution >= 0.6 is 34.4 Å². The quantitative estimate of drug-likeness (QED) is 0.543. The van der Waals surface area contributed by atoms with Crippen LogP contribution in [0.3, 0.4) is 0 Å². The number of anilines is 1. The Hall–Kier alpha value is -1.75. The molecule has 0 radical (unpaired) electrons. The van der Waals surface area contributed by atoms with E-state index in [2.05, 4.69) is 20.5 Å². The van der Waals surface area contributed by atoms with Crippen molar-refractivity contribution >= 4 is 55.7 Å². The first-order chi connectivity index (χ1) is 13.7. The van der Waals surface area contributed by atoms with Crippen LogP contribution in [-0.2, 0) is 16.1 Å². The van der Waals surface area contributed by atoms with Gasteiger partial charge >= 0.3 is 0 Å². The number of thiazole rings is 1. The lowest BCUT2D eigenvalue weighted by molar-refractivity contribution is -0.127. The molecule has 7 nitrogen and oxygen atoms in total. The summed E-state index contributed by atoms with van der Waals surface area (Å²) in [7, 11) is 1.81. The monoisotopic (exact) mass is 435 g/mol. The van der Waals surface area contributed by atoms with Crippen LogP contribution in [0.15, 0.2) is 28.6 Å². The van der Waals surface area contributed by atoms with Crippen molar-refractivity contribution in [3.05, 3.63) is 29.3 Å². The molecule has 10 heteroatoms. The van der Waals surface area contributed by atoms with Gasteiger partial charge in [-0.2, -0.15) is 0 Å². The van der Waals surface area contributed by atoms with Gasteiger partial charge in [0, 0.05) is 20.2 Å². The summed E-state index contributed by atoms with van der Waals surface area (Å²) in [6.07, 6.45) is 2.47. The van der Waals surface area contributed by atoms with E-state index in [4.69, 9.17) is 4.74 Å². The number of thioether (sulfide) groups is 1. The van der Waals surface area contributed by atoms with Gasteiger partial charge in [-0.1, -0.05) is 35.2 Å². The Labute approximate surface area is 175 Å². The van der Waals surface area contributed by atoms with Crippen molar-refractivity contribution in [2.45, 2.75) is 29.8 Å². The number of fused-ring (bicyclic) bond motifs is 1. The summed E-state index contributed by atoms with van der Waals surface area (Å²) >= 11 is 4.51. The summed E-state index contributed by atoms with van der Waals surface area (Å²) in [4.78, 5) is 18.7. The number of nitrogens with one attached hydrogen (secondary N) is 1. The molecule has 0 unspecified atom stereocenters. The second kappa shape index (κ2) is 9.17. The molecular formula is C18H21N5O2S3. The Morgan fingerprint density at radius 3 is 3.07 bits per heavy atom. The lowest BCUT2D eigenvalue weighted by Gasteiger charge is -2.14. The van der Waals surface area contributed by atoms with E-state index in [1.165, 1.54) is 23.1 Å². The van der Waals surface area contributed by atoms with E-state index >= 15 is 0 Å². The molecule has 1 aromatic carbocycles. The molecule has 1 atom stereocenters. The smallest absolute Gasteiger partial charge is 0.233 e. The van der Waals surface area contributed by atoms with Crippen LogP contribution in [0.25, 0.3) is 10.2 Å². The normalized spacial score (nSPS) is 16.5. The molecule has 1 amide bonds. The van der Waals surface area contributed by atoms with Crippen molar-refractivity contribution in [2.24, 2.45) is 0 Å². The molecule has 3 heterocycles. The van der Waals surface area contributed by atoms with E-state index in [1.807, 2.05) is 31.3 Å². The van der Waals surface area contributed by atoms with Crippen LogP contribution in [0.2, 0.25) is 0 Å². The number of aromatic nitrogens is 3. The first-order valence-corrected chi connectivity index (χ1v) is 11.7. The molecule has 1 N–H and O–H groups in total. The number of hydrogen-bond acceptors (Lipinski definition) is 9. The topological polar surface area (TPSA) is 80.2 Å². The second-order valence-electron chi connectivity index (χ2n) is 6.50.